The van der Waals surface area contributed by atoms with Gasteiger partial charge in [0.05, 0.1) is 22.0 Å². The monoisotopic (exact) mass is 393 g/mol. The molecule has 26 heavy (non-hydrogen) atoms. The van der Waals surface area contributed by atoms with E-state index in [0.29, 0.717) is 10.8 Å². The molecule has 6 nitrogen and oxygen atoms in total. The first-order valence-corrected chi connectivity index (χ1v) is 9.38. The van der Waals surface area contributed by atoms with Crippen LogP contribution in [0.25, 0.3) is 0 Å². The van der Waals surface area contributed by atoms with Crippen molar-refractivity contribution in [2.45, 2.75) is 4.90 Å². The highest BCUT2D eigenvalue weighted by Gasteiger charge is 2.14. The summed E-state index contributed by atoms with van der Waals surface area (Å²) in [6, 6.07) is 12.3. The SMILES string of the molecule is C#CCNS(=O)(=O)c1ccc(C(=O)OCCOc2ccccc2Cl)cc1. The van der Waals surface area contributed by atoms with Gasteiger partial charge in [0.2, 0.25) is 10.0 Å². The average molecular weight is 394 g/mol. The fourth-order valence-electron chi connectivity index (χ4n) is 1.92. The second-order valence-corrected chi connectivity index (χ2v) is 7.14. The lowest BCUT2D eigenvalue weighted by atomic mass is 10.2. The fraction of sp³-hybridized carbons (Fsp3) is 0.167. The van der Waals surface area contributed by atoms with Gasteiger partial charge in [0.15, 0.2) is 0 Å². The van der Waals surface area contributed by atoms with Crippen LogP contribution < -0.4 is 9.46 Å². The van der Waals surface area contributed by atoms with Crippen molar-refractivity contribution in [1.29, 1.82) is 0 Å². The van der Waals surface area contributed by atoms with Crippen LogP contribution in [0.1, 0.15) is 10.4 Å². The van der Waals surface area contributed by atoms with Crippen molar-refractivity contribution in [3.63, 3.8) is 0 Å². The molecule has 8 heteroatoms. The molecule has 0 aromatic heterocycles. The van der Waals surface area contributed by atoms with Crippen LogP contribution in [-0.4, -0.2) is 34.1 Å². The lowest BCUT2D eigenvalue weighted by Gasteiger charge is -2.09. The Bertz CT molecular complexity index is 904. The van der Waals surface area contributed by atoms with E-state index in [1.807, 2.05) is 0 Å². The minimum absolute atomic E-state index is 0.00588. The highest BCUT2D eigenvalue weighted by Crippen LogP contribution is 2.22. The summed E-state index contributed by atoms with van der Waals surface area (Å²) in [7, 11) is -3.70. The quantitative estimate of drug-likeness (QED) is 0.423. The number of hydrogen-bond acceptors (Lipinski definition) is 5. The van der Waals surface area contributed by atoms with E-state index >= 15 is 0 Å². The molecule has 0 aliphatic carbocycles. The number of hydrogen-bond donors (Lipinski definition) is 1. The van der Waals surface area contributed by atoms with E-state index in [1.165, 1.54) is 24.3 Å². The van der Waals surface area contributed by atoms with Crippen molar-refractivity contribution in [2.75, 3.05) is 19.8 Å². The van der Waals surface area contributed by atoms with Gasteiger partial charge in [-0.1, -0.05) is 29.7 Å². The molecule has 0 aliphatic heterocycles. The second-order valence-electron chi connectivity index (χ2n) is 4.97. The summed E-state index contributed by atoms with van der Waals surface area (Å²) in [5.41, 5.74) is 0.221. The van der Waals surface area contributed by atoms with Crippen LogP contribution in [0.4, 0.5) is 0 Å². The standard InChI is InChI=1S/C18H16ClNO5S/c1-2-11-20-26(22,23)15-9-7-14(8-10-15)18(21)25-13-12-24-17-6-4-3-5-16(17)19/h1,3-10,20H,11-13H2. The van der Waals surface area contributed by atoms with E-state index in [2.05, 4.69) is 10.6 Å². The molecule has 136 valence electrons. The van der Waals surface area contributed by atoms with Crippen molar-refractivity contribution in [2.24, 2.45) is 0 Å². The first-order valence-electron chi connectivity index (χ1n) is 7.51. The van der Waals surface area contributed by atoms with E-state index < -0.39 is 16.0 Å². The van der Waals surface area contributed by atoms with Crippen molar-refractivity contribution in [3.8, 4) is 18.1 Å². The number of carbonyl (C=O) groups excluding carboxylic acids is 1. The molecule has 0 radical (unpaired) electrons. The van der Waals surface area contributed by atoms with Gasteiger partial charge in [-0.3, -0.25) is 0 Å². The molecule has 2 rings (SSSR count). The van der Waals surface area contributed by atoms with Gasteiger partial charge in [0.25, 0.3) is 0 Å². The Morgan fingerprint density at radius 3 is 2.46 bits per heavy atom. The predicted octanol–water partition coefficient (Wildman–Crippen LogP) is 2.49. The molecule has 0 bridgehead atoms. The first kappa shape index (κ1) is 19.8. The van der Waals surface area contributed by atoms with Gasteiger partial charge in [0, 0.05) is 0 Å². The normalized spacial score (nSPS) is 10.8. The van der Waals surface area contributed by atoms with E-state index in [4.69, 9.17) is 27.5 Å². The number of nitrogens with one attached hydrogen (secondary N) is 1. The molecule has 0 saturated heterocycles. The summed E-state index contributed by atoms with van der Waals surface area (Å²) in [4.78, 5) is 12.0. The third-order valence-electron chi connectivity index (χ3n) is 3.18. The Morgan fingerprint density at radius 2 is 1.81 bits per heavy atom. The summed E-state index contributed by atoms with van der Waals surface area (Å²) in [6.07, 6.45) is 5.03. The van der Waals surface area contributed by atoms with E-state index in [0.717, 1.165) is 0 Å². The molecule has 0 amide bonds. The molecule has 0 spiro atoms. The summed E-state index contributed by atoms with van der Waals surface area (Å²) in [5, 5.41) is 0.467. The molecule has 1 N–H and O–H groups in total. The Morgan fingerprint density at radius 1 is 1.12 bits per heavy atom. The maximum Gasteiger partial charge on any atom is 0.338 e. The minimum atomic E-state index is -3.70. The highest BCUT2D eigenvalue weighted by molar-refractivity contribution is 7.89. The molecule has 0 heterocycles. The number of halogens is 1. The fourth-order valence-corrected chi connectivity index (χ4v) is 3.05. The van der Waals surface area contributed by atoms with Crippen LogP contribution in [-0.2, 0) is 14.8 Å². The number of para-hydroxylation sites is 1. The molecular formula is C18H16ClNO5S. The number of ether oxygens (including phenoxy) is 2. The smallest absolute Gasteiger partial charge is 0.338 e. The van der Waals surface area contributed by atoms with Gasteiger partial charge in [-0.25, -0.2) is 13.2 Å². The second kappa shape index (κ2) is 9.25. The number of rotatable bonds is 8. The highest BCUT2D eigenvalue weighted by atomic mass is 35.5. The molecule has 0 saturated carbocycles. The molecule has 0 unspecified atom stereocenters. The van der Waals surface area contributed by atoms with Crippen LogP contribution in [0.2, 0.25) is 5.02 Å². The van der Waals surface area contributed by atoms with Gasteiger partial charge in [-0.15, -0.1) is 6.42 Å². The van der Waals surface area contributed by atoms with Gasteiger partial charge < -0.3 is 9.47 Å². The van der Waals surface area contributed by atoms with Gasteiger partial charge in [0.1, 0.15) is 19.0 Å². The first-order chi connectivity index (χ1) is 12.4. The predicted molar refractivity (Wildman–Crippen MR) is 97.7 cm³/mol. The van der Waals surface area contributed by atoms with Gasteiger partial charge in [-0.05, 0) is 36.4 Å². The van der Waals surface area contributed by atoms with Crippen molar-refractivity contribution >= 4 is 27.6 Å². The van der Waals surface area contributed by atoms with Crippen LogP contribution in [0.3, 0.4) is 0 Å². The molecule has 2 aromatic carbocycles. The Balaban J connectivity index is 1.86. The lowest BCUT2D eigenvalue weighted by Crippen LogP contribution is -2.24. The summed E-state index contributed by atoms with van der Waals surface area (Å²) in [6.45, 7) is 0.0450. The number of sulfonamides is 1. The van der Waals surface area contributed by atoms with Crippen LogP contribution >= 0.6 is 11.6 Å². The van der Waals surface area contributed by atoms with Crippen LogP contribution in [0, 0.1) is 12.3 Å². The third kappa shape index (κ3) is 5.49. The zero-order valence-corrected chi connectivity index (χ0v) is 15.2. The Labute approximate surface area is 157 Å². The maximum absolute atomic E-state index is 12.0. The van der Waals surface area contributed by atoms with Crippen molar-refractivity contribution < 1.29 is 22.7 Å². The number of terminal acetylenes is 1. The number of benzene rings is 2. The van der Waals surface area contributed by atoms with Crippen LogP contribution in [0.15, 0.2) is 53.4 Å². The molecule has 0 aliphatic rings. The maximum atomic E-state index is 12.0. The molecular weight excluding hydrogens is 378 g/mol. The summed E-state index contributed by atoms with van der Waals surface area (Å²) < 4.78 is 36.5. The largest absolute Gasteiger partial charge is 0.488 e. The van der Waals surface area contributed by atoms with E-state index in [1.54, 1.807) is 24.3 Å². The van der Waals surface area contributed by atoms with Gasteiger partial charge in [-0.2, -0.15) is 4.72 Å². The molecule has 0 atom stereocenters. The van der Waals surface area contributed by atoms with Crippen molar-refractivity contribution in [3.05, 3.63) is 59.1 Å². The van der Waals surface area contributed by atoms with E-state index in [9.17, 15) is 13.2 Å². The third-order valence-corrected chi connectivity index (χ3v) is 4.90. The van der Waals surface area contributed by atoms with Crippen molar-refractivity contribution in [1.82, 2.24) is 4.72 Å². The zero-order valence-electron chi connectivity index (χ0n) is 13.6. The van der Waals surface area contributed by atoms with Gasteiger partial charge >= 0.3 is 5.97 Å². The summed E-state index contributed by atoms with van der Waals surface area (Å²) in [5.74, 6) is 2.09. The summed E-state index contributed by atoms with van der Waals surface area (Å²) >= 11 is 5.95. The zero-order chi connectivity index (χ0) is 19.0. The Hall–Kier alpha value is -2.53. The van der Waals surface area contributed by atoms with E-state index in [-0.39, 0.29) is 30.2 Å². The molecule has 2 aromatic rings. The number of carbonyl (C=O) groups is 1. The number of esters is 1. The lowest BCUT2D eigenvalue weighted by molar-refractivity contribution is 0.0450. The molecule has 0 fully saturated rings. The average Bonchev–Trinajstić information content (AvgIpc) is 2.65. The minimum Gasteiger partial charge on any atom is -0.488 e. The topological polar surface area (TPSA) is 81.7 Å². The Kier molecular flexibility index (Phi) is 7.04. The van der Waals surface area contributed by atoms with Crippen LogP contribution in [0.5, 0.6) is 5.75 Å².